The molecule has 0 aromatic heterocycles. The van der Waals surface area contributed by atoms with Crippen molar-refractivity contribution >= 4 is 8.58 Å². The SMILES string of the molecule is CCCCCCPC1N=NN=N1. The maximum absolute atomic E-state index is 3.86. The maximum Gasteiger partial charge on any atom is 0.200 e. The molecule has 0 aromatic rings. The molecular weight excluding hydrogens is 171 g/mol. The molecule has 1 aliphatic rings. The van der Waals surface area contributed by atoms with Crippen LogP contribution in [0.4, 0.5) is 0 Å². The summed E-state index contributed by atoms with van der Waals surface area (Å²) >= 11 is 0. The first-order chi connectivity index (χ1) is 5.93. The van der Waals surface area contributed by atoms with Crippen LogP contribution in [0.2, 0.25) is 0 Å². The van der Waals surface area contributed by atoms with Crippen LogP contribution in [0.15, 0.2) is 20.7 Å². The second-order valence-electron chi connectivity index (χ2n) is 2.80. The molecule has 1 heterocycles. The second-order valence-corrected chi connectivity index (χ2v) is 4.22. The highest BCUT2D eigenvalue weighted by Crippen LogP contribution is 2.26. The van der Waals surface area contributed by atoms with Gasteiger partial charge in [0.25, 0.3) is 0 Å². The third-order valence-corrected chi connectivity index (χ3v) is 2.96. The number of unbranched alkanes of at least 4 members (excludes halogenated alkanes) is 3. The van der Waals surface area contributed by atoms with Crippen molar-refractivity contribution in [3.05, 3.63) is 0 Å². The van der Waals surface area contributed by atoms with Crippen LogP contribution >= 0.6 is 8.58 Å². The number of nitrogens with zero attached hydrogens (tertiary/aromatic N) is 4. The highest BCUT2D eigenvalue weighted by atomic mass is 31.1. The molecular formula is C7H15N4P. The Bertz CT molecular complexity index is 157. The number of hydrogen-bond donors (Lipinski definition) is 0. The van der Waals surface area contributed by atoms with Gasteiger partial charge in [0.2, 0.25) is 0 Å². The normalized spacial score (nSPS) is 17.1. The van der Waals surface area contributed by atoms with Gasteiger partial charge in [0.05, 0.1) is 0 Å². The van der Waals surface area contributed by atoms with Crippen LogP contribution in [0.25, 0.3) is 0 Å². The Labute approximate surface area is 74.7 Å². The van der Waals surface area contributed by atoms with Crippen LogP contribution in [-0.4, -0.2) is 12.1 Å². The van der Waals surface area contributed by atoms with Crippen molar-refractivity contribution in [3.63, 3.8) is 0 Å². The van der Waals surface area contributed by atoms with Gasteiger partial charge < -0.3 is 0 Å². The third kappa shape index (κ3) is 3.86. The molecule has 0 fully saturated rings. The molecule has 68 valence electrons. The predicted molar refractivity (Wildman–Crippen MR) is 50.8 cm³/mol. The minimum atomic E-state index is 0.0617. The highest BCUT2D eigenvalue weighted by Gasteiger charge is 2.07. The first-order valence-electron chi connectivity index (χ1n) is 4.47. The van der Waals surface area contributed by atoms with E-state index in [4.69, 9.17) is 0 Å². The Morgan fingerprint density at radius 3 is 2.50 bits per heavy atom. The molecule has 1 unspecified atom stereocenters. The molecule has 0 saturated heterocycles. The quantitative estimate of drug-likeness (QED) is 0.451. The van der Waals surface area contributed by atoms with Crippen LogP contribution in [0.3, 0.4) is 0 Å². The monoisotopic (exact) mass is 186 g/mol. The lowest BCUT2D eigenvalue weighted by Crippen LogP contribution is -1.88. The zero-order valence-electron chi connectivity index (χ0n) is 7.40. The zero-order valence-corrected chi connectivity index (χ0v) is 8.40. The third-order valence-electron chi connectivity index (χ3n) is 1.72. The lowest BCUT2D eigenvalue weighted by molar-refractivity contribution is 0.704. The molecule has 0 saturated carbocycles. The van der Waals surface area contributed by atoms with E-state index in [2.05, 4.69) is 27.6 Å². The van der Waals surface area contributed by atoms with Gasteiger partial charge >= 0.3 is 0 Å². The van der Waals surface area contributed by atoms with E-state index in [1.807, 2.05) is 0 Å². The summed E-state index contributed by atoms with van der Waals surface area (Å²) < 4.78 is 0. The Balaban J connectivity index is 1.89. The highest BCUT2D eigenvalue weighted by molar-refractivity contribution is 7.38. The molecule has 4 nitrogen and oxygen atoms in total. The lowest BCUT2D eigenvalue weighted by Gasteiger charge is -2.00. The van der Waals surface area contributed by atoms with Crippen molar-refractivity contribution < 1.29 is 0 Å². The summed E-state index contributed by atoms with van der Waals surface area (Å²) in [6.07, 6.45) is 6.51. The smallest absolute Gasteiger partial charge is 0.134 e. The fourth-order valence-corrected chi connectivity index (χ4v) is 2.01. The van der Waals surface area contributed by atoms with E-state index in [1.165, 1.54) is 31.8 Å². The molecule has 0 amide bonds. The molecule has 1 aliphatic heterocycles. The van der Waals surface area contributed by atoms with Crippen molar-refractivity contribution in [3.8, 4) is 0 Å². The van der Waals surface area contributed by atoms with Crippen molar-refractivity contribution in [1.29, 1.82) is 0 Å². The van der Waals surface area contributed by atoms with Gasteiger partial charge in [0.1, 0.15) is 0 Å². The van der Waals surface area contributed by atoms with Crippen LogP contribution < -0.4 is 0 Å². The molecule has 1 atom stereocenters. The Morgan fingerprint density at radius 1 is 1.08 bits per heavy atom. The Hall–Kier alpha value is -0.370. The fourth-order valence-electron chi connectivity index (χ4n) is 1.03. The average molecular weight is 186 g/mol. The predicted octanol–water partition coefficient (Wildman–Crippen LogP) is 3.36. The van der Waals surface area contributed by atoms with Crippen LogP contribution in [-0.2, 0) is 0 Å². The molecule has 5 heteroatoms. The maximum atomic E-state index is 3.86. The molecule has 0 aliphatic carbocycles. The van der Waals surface area contributed by atoms with Gasteiger partial charge in [-0.2, -0.15) is 0 Å². The van der Waals surface area contributed by atoms with E-state index < -0.39 is 0 Å². The summed E-state index contributed by atoms with van der Waals surface area (Å²) in [6.45, 7) is 2.22. The summed E-state index contributed by atoms with van der Waals surface area (Å²) in [5.74, 6) is 0.0617. The van der Waals surface area contributed by atoms with E-state index >= 15 is 0 Å². The Kier molecular flexibility index (Phi) is 5.00. The van der Waals surface area contributed by atoms with Gasteiger partial charge in [-0.25, -0.2) is 0 Å². The van der Waals surface area contributed by atoms with Crippen molar-refractivity contribution in [2.24, 2.45) is 20.7 Å². The Morgan fingerprint density at radius 2 is 1.83 bits per heavy atom. The minimum absolute atomic E-state index is 0.0617. The van der Waals surface area contributed by atoms with Crippen LogP contribution in [0.5, 0.6) is 0 Å². The van der Waals surface area contributed by atoms with Crippen molar-refractivity contribution in [2.45, 2.75) is 38.5 Å². The average Bonchev–Trinajstić information content (AvgIpc) is 2.57. The summed E-state index contributed by atoms with van der Waals surface area (Å²) in [5.41, 5.74) is 0. The summed E-state index contributed by atoms with van der Waals surface area (Å²) in [7, 11) is 0.776. The van der Waals surface area contributed by atoms with Gasteiger partial charge in [-0.1, -0.05) is 34.8 Å². The van der Waals surface area contributed by atoms with E-state index in [1.54, 1.807) is 0 Å². The second kappa shape index (κ2) is 6.18. The van der Waals surface area contributed by atoms with Crippen LogP contribution in [0, 0.1) is 0 Å². The van der Waals surface area contributed by atoms with E-state index in [9.17, 15) is 0 Å². The van der Waals surface area contributed by atoms with Crippen molar-refractivity contribution in [2.75, 3.05) is 6.16 Å². The minimum Gasteiger partial charge on any atom is -0.134 e. The summed E-state index contributed by atoms with van der Waals surface area (Å²) in [6, 6.07) is 0. The zero-order chi connectivity index (χ0) is 8.65. The molecule has 0 N–H and O–H groups in total. The number of rotatable bonds is 6. The van der Waals surface area contributed by atoms with Gasteiger partial charge in [-0.15, -0.1) is 10.2 Å². The van der Waals surface area contributed by atoms with E-state index in [0.717, 1.165) is 8.58 Å². The first kappa shape index (κ1) is 9.72. The molecule has 12 heavy (non-hydrogen) atoms. The van der Waals surface area contributed by atoms with Gasteiger partial charge in [0, 0.05) is 0 Å². The standard InChI is InChI=1S/C7H15N4P/c1-2-3-4-5-6-12-7-8-10-11-9-7/h7,12H,2-6H2,1H3. The molecule has 0 aromatic carbocycles. The number of hydrogen-bond acceptors (Lipinski definition) is 4. The van der Waals surface area contributed by atoms with Gasteiger partial charge in [-0.05, 0) is 23.0 Å². The van der Waals surface area contributed by atoms with E-state index in [0.29, 0.717) is 0 Å². The van der Waals surface area contributed by atoms with Gasteiger partial charge in [0.15, 0.2) is 5.91 Å². The summed E-state index contributed by atoms with van der Waals surface area (Å²) in [5, 5.41) is 14.7. The van der Waals surface area contributed by atoms with Crippen molar-refractivity contribution in [1.82, 2.24) is 0 Å². The topological polar surface area (TPSA) is 49.4 Å². The largest absolute Gasteiger partial charge is 0.200 e. The van der Waals surface area contributed by atoms with Gasteiger partial charge in [-0.3, -0.25) is 0 Å². The summed E-state index contributed by atoms with van der Waals surface area (Å²) in [4.78, 5) is 0. The van der Waals surface area contributed by atoms with E-state index in [-0.39, 0.29) is 5.91 Å². The molecule has 0 bridgehead atoms. The van der Waals surface area contributed by atoms with Crippen LogP contribution in [0.1, 0.15) is 32.6 Å². The first-order valence-corrected chi connectivity index (χ1v) is 5.75. The molecule has 0 spiro atoms. The molecule has 0 radical (unpaired) electrons. The molecule has 1 rings (SSSR count). The fraction of sp³-hybridized carbons (Fsp3) is 1.00. The lowest BCUT2D eigenvalue weighted by atomic mass is 10.2.